The lowest BCUT2D eigenvalue weighted by atomic mass is 10.0. The van der Waals surface area contributed by atoms with Crippen molar-refractivity contribution in [1.29, 1.82) is 0 Å². The van der Waals surface area contributed by atoms with Crippen molar-refractivity contribution < 1.29 is 13.9 Å². The molecule has 3 aromatic rings. The quantitative estimate of drug-likeness (QED) is 0.439. The molecule has 0 saturated carbocycles. The van der Waals surface area contributed by atoms with E-state index in [0.29, 0.717) is 63.2 Å². The molecule has 1 aromatic heterocycles. The summed E-state index contributed by atoms with van der Waals surface area (Å²) in [6, 6.07) is 13.7. The van der Waals surface area contributed by atoms with Crippen LogP contribution in [0.2, 0.25) is 5.02 Å². The lowest BCUT2D eigenvalue weighted by Crippen LogP contribution is -2.51. The predicted molar refractivity (Wildman–Crippen MR) is 142 cm³/mol. The van der Waals surface area contributed by atoms with Crippen LogP contribution in [0.4, 0.5) is 9.18 Å². The lowest BCUT2D eigenvalue weighted by Gasteiger charge is -2.38. The first-order valence-corrected chi connectivity index (χ1v) is 13.0. The highest BCUT2D eigenvalue weighted by Gasteiger charge is 2.35. The van der Waals surface area contributed by atoms with E-state index in [-0.39, 0.29) is 23.3 Å². The molecule has 0 bridgehead atoms. The largest absolute Gasteiger partial charge is 0.378 e. The van der Waals surface area contributed by atoms with E-state index in [1.165, 1.54) is 18.2 Å². The van der Waals surface area contributed by atoms with Gasteiger partial charge in [-0.25, -0.2) is 18.9 Å². The molecule has 1 aliphatic rings. The third kappa shape index (κ3) is 6.47. The first-order chi connectivity index (χ1) is 17.9. The van der Waals surface area contributed by atoms with Gasteiger partial charge in [0.1, 0.15) is 5.82 Å². The number of hydrogen-bond acceptors (Lipinski definition) is 5. The Kier molecular flexibility index (Phi) is 9.13. The predicted octanol–water partition coefficient (Wildman–Crippen LogP) is 4.59. The zero-order valence-electron chi connectivity index (χ0n) is 21.3. The number of ether oxygens (including phenoxy) is 1. The SMILES string of the molecule is CC(C)[C@H](c1nc(-c2cc(Cl)ccc2F)nn1Cc1ccccc1)N(CCCN)C(=O)N1CCOCC1. The van der Waals surface area contributed by atoms with Crippen LogP contribution in [-0.4, -0.2) is 70.0 Å². The molecule has 2 amide bonds. The summed E-state index contributed by atoms with van der Waals surface area (Å²) >= 11 is 6.18. The fourth-order valence-electron chi connectivity index (χ4n) is 4.58. The third-order valence-corrected chi connectivity index (χ3v) is 6.64. The number of nitrogens with two attached hydrogens (primary N) is 1. The first kappa shape index (κ1) is 27.0. The van der Waals surface area contributed by atoms with Crippen LogP contribution in [0.1, 0.15) is 37.7 Å². The smallest absolute Gasteiger partial charge is 0.320 e. The van der Waals surface area contributed by atoms with Gasteiger partial charge in [0.15, 0.2) is 11.6 Å². The van der Waals surface area contributed by atoms with Crippen molar-refractivity contribution in [3.05, 3.63) is 70.8 Å². The second kappa shape index (κ2) is 12.5. The molecule has 1 aliphatic heterocycles. The monoisotopic (exact) mass is 528 g/mol. The van der Waals surface area contributed by atoms with Gasteiger partial charge in [-0.05, 0) is 42.6 Å². The van der Waals surface area contributed by atoms with Crippen molar-refractivity contribution in [2.45, 2.75) is 32.9 Å². The van der Waals surface area contributed by atoms with Gasteiger partial charge in [0.05, 0.1) is 31.4 Å². The van der Waals surface area contributed by atoms with E-state index >= 15 is 0 Å². The minimum absolute atomic E-state index is 0.00135. The summed E-state index contributed by atoms with van der Waals surface area (Å²) in [5, 5.41) is 5.12. The van der Waals surface area contributed by atoms with Crippen LogP contribution < -0.4 is 5.73 Å². The molecule has 37 heavy (non-hydrogen) atoms. The summed E-state index contributed by atoms with van der Waals surface area (Å²) in [4.78, 5) is 22.3. The van der Waals surface area contributed by atoms with Gasteiger partial charge < -0.3 is 20.3 Å². The molecule has 4 rings (SSSR count). The molecule has 0 radical (unpaired) electrons. The molecule has 198 valence electrons. The first-order valence-electron chi connectivity index (χ1n) is 12.7. The lowest BCUT2D eigenvalue weighted by molar-refractivity contribution is 0.0351. The van der Waals surface area contributed by atoms with E-state index in [9.17, 15) is 9.18 Å². The van der Waals surface area contributed by atoms with Crippen molar-refractivity contribution in [2.75, 3.05) is 39.4 Å². The van der Waals surface area contributed by atoms with Crippen molar-refractivity contribution >= 4 is 17.6 Å². The van der Waals surface area contributed by atoms with Gasteiger partial charge in [0, 0.05) is 24.7 Å². The van der Waals surface area contributed by atoms with Crippen molar-refractivity contribution in [3.63, 3.8) is 0 Å². The van der Waals surface area contributed by atoms with Gasteiger partial charge >= 0.3 is 6.03 Å². The molecule has 10 heteroatoms. The van der Waals surface area contributed by atoms with E-state index in [2.05, 4.69) is 0 Å². The fraction of sp³-hybridized carbons (Fsp3) is 0.444. The molecular weight excluding hydrogens is 495 g/mol. The molecule has 1 fully saturated rings. The van der Waals surface area contributed by atoms with Crippen LogP contribution in [0, 0.1) is 11.7 Å². The molecule has 2 heterocycles. The van der Waals surface area contributed by atoms with Gasteiger partial charge in [-0.2, -0.15) is 5.10 Å². The highest BCUT2D eigenvalue weighted by atomic mass is 35.5. The number of halogens is 2. The number of hydrogen-bond donors (Lipinski definition) is 1. The minimum atomic E-state index is -0.460. The maximum absolute atomic E-state index is 14.8. The summed E-state index contributed by atoms with van der Waals surface area (Å²) in [7, 11) is 0. The Balaban J connectivity index is 1.81. The molecule has 2 N–H and O–H groups in total. The van der Waals surface area contributed by atoms with E-state index in [4.69, 9.17) is 32.2 Å². The van der Waals surface area contributed by atoms with Crippen LogP contribution >= 0.6 is 11.6 Å². The number of nitrogens with zero attached hydrogens (tertiary/aromatic N) is 5. The van der Waals surface area contributed by atoms with Gasteiger partial charge in [0.2, 0.25) is 0 Å². The van der Waals surface area contributed by atoms with Crippen LogP contribution in [0.5, 0.6) is 0 Å². The van der Waals surface area contributed by atoms with Crippen molar-refractivity contribution in [3.8, 4) is 11.4 Å². The average Bonchev–Trinajstić information content (AvgIpc) is 3.31. The number of rotatable bonds is 9. The second-order valence-corrected chi connectivity index (χ2v) is 9.90. The number of benzene rings is 2. The Bertz CT molecular complexity index is 1180. The summed E-state index contributed by atoms with van der Waals surface area (Å²) in [6.45, 7) is 7.50. The fourth-order valence-corrected chi connectivity index (χ4v) is 4.75. The number of urea groups is 1. The zero-order chi connectivity index (χ0) is 26.4. The van der Waals surface area contributed by atoms with Gasteiger partial charge in [-0.15, -0.1) is 0 Å². The van der Waals surface area contributed by atoms with Crippen LogP contribution in [0.15, 0.2) is 48.5 Å². The van der Waals surface area contributed by atoms with E-state index in [1.807, 2.05) is 54.0 Å². The molecule has 1 atom stereocenters. The van der Waals surface area contributed by atoms with Gasteiger partial charge in [0.25, 0.3) is 0 Å². The summed E-state index contributed by atoms with van der Waals surface area (Å²) in [5.74, 6) is 0.359. The molecule has 0 aliphatic carbocycles. The topological polar surface area (TPSA) is 89.5 Å². The van der Waals surface area contributed by atoms with Crippen LogP contribution in [0.25, 0.3) is 11.4 Å². The Labute approximate surface area is 222 Å². The van der Waals surface area contributed by atoms with Crippen LogP contribution in [-0.2, 0) is 11.3 Å². The maximum atomic E-state index is 14.8. The molecule has 2 aromatic carbocycles. The third-order valence-electron chi connectivity index (χ3n) is 6.41. The Morgan fingerprint density at radius 3 is 2.59 bits per heavy atom. The van der Waals surface area contributed by atoms with Crippen molar-refractivity contribution in [1.82, 2.24) is 24.6 Å². The number of morpholine rings is 1. The standard InChI is InChI=1S/C27H34ClFN6O2/c1-19(2)24(34(12-6-11-30)27(36)33-13-15-37-16-14-33)26-31-25(22-17-21(28)9-10-23(22)29)32-35(26)18-20-7-4-3-5-8-20/h3-5,7-10,17,19,24H,6,11-16,18,30H2,1-2H3/t24-/m1/s1. The number of aromatic nitrogens is 3. The summed E-state index contributed by atoms with van der Waals surface area (Å²) in [6.07, 6.45) is 0.641. The molecule has 0 spiro atoms. The summed E-state index contributed by atoms with van der Waals surface area (Å²) in [5.41, 5.74) is 7.09. The average molecular weight is 529 g/mol. The highest BCUT2D eigenvalue weighted by molar-refractivity contribution is 6.30. The Hall–Kier alpha value is -3.01. The molecule has 1 saturated heterocycles. The van der Waals surface area contributed by atoms with Gasteiger partial charge in [-0.3, -0.25) is 0 Å². The van der Waals surface area contributed by atoms with E-state index < -0.39 is 11.9 Å². The highest BCUT2D eigenvalue weighted by Crippen LogP contribution is 2.32. The van der Waals surface area contributed by atoms with Crippen LogP contribution in [0.3, 0.4) is 0 Å². The normalized spacial score (nSPS) is 14.7. The molecular formula is C27H34ClFN6O2. The summed E-state index contributed by atoms with van der Waals surface area (Å²) < 4.78 is 22.1. The van der Waals surface area contributed by atoms with E-state index in [0.717, 1.165) is 5.56 Å². The molecule has 0 unspecified atom stereocenters. The number of carbonyl (C=O) groups is 1. The molecule has 8 nitrogen and oxygen atoms in total. The Morgan fingerprint density at radius 1 is 1.19 bits per heavy atom. The van der Waals surface area contributed by atoms with Gasteiger partial charge in [-0.1, -0.05) is 55.8 Å². The van der Waals surface area contributed by atoms with E-state index in [1.54, 1.807) is 4.68 Å². The Morgan fingerprint density at radius 2 is 1.92 bits per heavy atom. The zero-order valence-corrected chi connectivity index (χ0v) is 22.1. The second-order valence-electron chi connectivity index (χ2n) is 9.47. The minimum Gasteiger partial charge on any atom is -0.378 e. The maximum Gasteiger partial charge on any atom is 0.320 e. The van der Waals surface area contributed by atoms with Crippen molar-refractivity contribution in [2.24, 2.45) is 11.7 Å². The number of carbonyl (C=O) groups excluding carboxylic acids is 1. The number of amides is 2.